The average molecular weight is 407 g/mol. The monoisotopic (exact) mass is 407 g/mol. The Morgan fingerprint density at radius 3 is 2.32 bits per heavy atom. The first-order chi connectivity index (χ1) is 15.1. The van der Waals surface area contributed by atoms with E-state index >= 15 is 0 Å². The van der Waals surface area contributed by atoms with Crippen molar-refractivity contribution in [2.75, 3.05) is 0 Å². The molecule has 0 N–H and O–H groups in total. The molecule has 0 aliphatic rings. The second-order valence-electron chi connectivity index (χ2n) is 7.57. The molecule has 5 aromatic rings. The SMILES string of the molecule is CCc1ccc(-n2cc(-c3nc(-c4ccc(C)cc4)no3)c3ccccc3c2=O)cc1. The first-order valence-electron chi connectivity index (χ1n) is 10.3. The van der Waals surface area contributed by atoms with Crippen LogP contribution in [0.4, 0.5) is 0 Å². The standard InChI is InChI=1S/C26H21N3O2/c1-3-18-10-14-20(15-11-18)29-16-23(21-6-4-5-7-22(21)26(29)30)25-27-24(28-31-25)19-12-8-17(2)9-13-19/h4-16H,3H2,1-2H3. The maximum absolute atomic E-state index is 13.2. The Kier molecular flexibility index (Phi) is 4.71. The van der Waals surface area contributed by atoms with Gasteiger partial charge in [0.2, 0.25) is 5.82 Å². The lowest BCUT2D eigenvalue weighted by Crippen LogP contribution is -2.18. The summed E-state index contributed by atoms with van der Waals surface area (Å²) >= 11 is 0. The van der Waals surface area contributed by atoms with E-state index in [9.17, 15) is 4.79 Å². The maximum Gasteiger partial charge on any atom is 0.262 e. The van der Waals surface area contributed by atoms with Gasteiger partial charge in [-0.3, -0.25) is 9.36 Å². The molecular weight excluding hydrogens is 386 g/mol. The Hall–Kier alpha value is -3.99. The fraction of sp³-hybridized carbons (Fsp3) is 0.115. The van der Waals surface area contributed by atoms with Crippen molar-refractivity contribution in [3.05, 3.63) is 100 Å². The average Bonchev–Trinajstić information content (AvgIpc) is 3.30. The van der Waals surface area contributed by atoms with Crippen LogP contribution in [0.1, 0.15) is 18.1 Å². The largest absolute Gasteiger partial charge is 0.334 e. The van der Waals surface area contributed by atoms with Crippen molar-refractivity contribution in [2.45, 2.75) is 20.3 Å². The third-order valence-corrected chi connectivity index (χ3v) is 5.51. The molecule has 0 spiro atoms. The minimum atomic E-state index is -0.0816. The lowest BCUT2D eigenvalue weighted by Gasteiger charge is -2.11. The van der Waals surface area contributed by atoms with Gasteiger partial charge in [-0.2, -0.15) is 4.98 Å². The molecule has 2 aromatic heterocycles. The molecule has 31 heavy (non-hydrogen) atoms. The highest BCUT2D eigenvalue weighted by molar-refractivity contribution is 5.94. The van der Waals surface area contributed by atoms with E-state index in [-0.39, 0.29) is 5.56 Å². The van der Waals surface area contributed by atoms with Crippen LogP contribution in [0.3, 0.4) is 0 Å². The van der Waals surface area contributed by atoms with Crippen LogP contribution in [-0.2, 0) is 6.42 Å². The zero-order valence-corrected chi connectivity index (χ0v) is 17.4. The topological polar surface area (TPSA) is 60.9 Å². The van der Waals surface area contributed by atoms with Gasteiger partial charge < -0.3 is 4.52 Å². The van der Waals surface area contributed by atoms with Crippen LogP contribution in [0.5, 0.6) is 0 Å². The van der Waals surface area contributed by atoms with Crippen LogP contribution >= 0.6 is 0 Å². The van der Waals surface area contributed by atoms with Crippen molar-refractivity contribution < 1.29 is 4.52 Å². The summed E-state index contributed by atoms with van der Waals surface area (Å²) in [4.78, 5) is 17.9. The van der Waals surface area contributed by atoms with Gasteiger partial charge in [-0.15, -0.1) is 0 Å². The second-order valence-corrected chi connectivity index (χ2v) is 7.57. The van der Waals surface area contributed by atoms with Crippen molar-refractivity contribution >= 4 is 10.8 Å². The van der Waals surface area contributed by atoms with Crippen molar-refractivity contribution in [1.29, 1.82) is 0 Å². The van der Waals surface area contributed by atoms with Crippen LogP contribution in [0, 0.1) is 6.92 Å². The molecule has 0 aliphatic heterocycles. The second kappa shape index (κ2) is 7.69. The van der Waals surface area contributed by atoms with Crippen LogP contribution in [-0.4, -0.2) is 14.7 Å². The van der Waals surface area contributed by atoms with Gasteiger partial charge in [0.1, 0.15) is 0 Å². The molecule has 3 aromatic carbocycles. The Balaban J connectivity index is 1.69. The van der Waals surface area contributed by atoms with Gasteiger partial charge in [-0.05, 0) is 37.1 Å². The van der Waals surface area contributed by atoms with E-state index in [2.05, 4.69) is 17.1 Å². The van der Waals surface area contributed by atoms with Crippen molar-refractivity contribution in [2.24, 2.45) is 0 Å². The molecule has 5 heteroatoms. The number of benzene rings is 3. The van der Waals surface area contributed by atoms with E-state index in [1.165, 1.54) is 11.1 Å². The first-order valence-corrected chi connectivity index (χ1v) is 10.3. The molecule has 0 fully saturated rings. The summed E-state index contributed by atoms with van der Waals surface area (Å²) in [6.45, 7) is 4.14. The minimum Gasteiger partial charge on any atom is -0.334 e. The summed E-state index contributed by atoms with van der Waals surface area (Å²) in [5.74, 6) is 0.898. The summed E-state index contributed by atoms with van der Waals surface area (Å²) in [5.41, 5.74) is 4.71. The van der Waals surface area contributed by atoms with E-state index in [4.69, 9.17) is 4.52 Å². The molecular formula is C26H21N3O2. The molecule has 152 valence electrons. The van der Waals surface area contributed by atoms with Crippen molar-refractivity contribution in [1.82, 2.24) is 14.7 Å². The third-order valence-electron chi connectivity index (χ3n) is 5.51. The van der Waals surface area contributed by atoms with Crippen LogP contribution in [0.25, 0.3) is 39.3 Å². The predicted octanol–water partition coefficient (Wildman–Crippen LogP) is 5.58. The predicted molar refractivity (Wildman–Crippen MR) is 122 cm³/mol. The number of hydrogen-bond acceptors (Lipinski definition) is 4. The molecule has 0 saturated heterocycles. The molecule has 0 saturated carbocycles. The van der Waals surface area contributed by atoms with Crippen molar-refractivity contribution in [3.63, 3.8) is 0 Å². The van der Waals surface area contributed by atoms with E-state index < -0.39 is 0 Å². The summed E-state index contributed by atoms with van der Waals surface area (Å²) in [6, 6.07) is 23.5. The van der Waals surface area contributed by atoms with Gasteiger partial charge in [-0.1, -0.05) is 72.2 Å². The molecule has 0 aliphatic carbocycles. The third kappa shape index (κ3) is 3.44. The van der Waals surface area contributed by atoms with E-state index in [0.717, 1.165) is 28.6 Å². The highest BCUT2D eigenvalue weighted by atomic mass is 16.5. The summed E-state index contributed by atoms with van der Waals surface area (Å²) in [5, 5.41) is 5.56. The number of rotatable bonds is 4. The Morgan fingerprint density at radius 1 is 0.903 bits per heavy atom. The van der Waals surface area contributed by atoms with Crippen LogP contribution in [0.15, 0.2) is 88.3 Å². The highest BCUT2D eigenvalue weighted by Crippen LogP contribution is 2.28. The number of aromatic nitrogens is 3. The lowest BCUT2D eigenvalue weighted by molar-refractivity contribution is 0.432. The molecule has 0 bridgehead atoms. The molecule has 5 nitrogen and oxygen atoms in total. The number of fused-ring (bicyclic) bond motifs is 1. The van der Waals surface area contributed by atoms with Crippen molar-refractivity contribution in [3.8, 4) is 28.5 Å². The Bertz CT molecular complexity index is 1430. The van der Waals surface area contributed by atoms with E-state index in [1.54, 1.807) is 10.8 Å². The summed E-state index contributed by atoms with van der Waals surface area (Å²) < 4.78 is 7.28. The lowest BCUT2D eigenvalue weighted by atomic mass is 10.1. The normalized spacial score (nSPS) is 11.2. The molecule has 0 atom stereocenters. The maximum atomic E-state index is 13.2. The smallest absolute Gasteiger partial charge is 0.262 e. The first kappa shape index (κ1) is 19.0. The summed E-state index contributed by atoms with van der Waals surface area (Å²) in [6.07, 6.45) is 2.74. The fourth-order valence-electron chi connectivity index (χ4n) is 3.70. The zero-order chi connectivity index (χ0) is 21.4. The number of aryl methyl sites for hydroxylation is 2. The Morgan fingerprint density at radius 2 is 1.61 bits per heavy atom. The van der Waals surface area contributed by atoms with Gasteiger partial charge in [0.25, 0.3) is 11.4 Å². The molecule has 5 rings (SSSR count). The van der Waals surface area contributed by atoms with Gasteiger partial charge in [0, 0.05) is 28.2 Å². The highest BCUT2D eigenvalue weighted by Gasteiger charge is 2.17. The minimum absolute atomic E-state index is 0.0816. The van der Waals surface area contributed by atoms with E-state index in [0.29, 0.717) is 17.1 Å². The van der Waals surface area contributed by atoms with Crippen LogP contribution in [0.2, 0.25) is 0 Å². The number of pyridine rings is 1. The molecule has 0 radical (unpaired) electrons. The Labute approximate surface area is 179 Å². The van der Waals surface area contributed by atoms with E-state index in [1.807, 2.05) is 79.7 Å². The zero-order valence-electron chi connectivity index (χ0n) is 17.4. The van der Waals surface area contributed by atoms with Crippen LogP contribution < -0.4 is 5.56 Å². The molecule has 0 unspecified atom stereocenters. The number of hydrogen-bond donors (Lipinski definition) is 0. The van der Waals surface area contributed by atoms with Gasteiger partial charge in [0.05, 0.1) is 5.56 Å². The molecule has 2 heterocycles. The van der Waals surface area contributed by atoms with Gasteiger partial charge in [0.15, 0.2) is 0 Å². The fourth-order valence-corrected chi connectivity index (χ4v) is 3.70. The molecule has 0 amide bonds. The summed E-state index contributed by atoms with van der Waals surface area (Å²) in [7, 11) is 0. The van der Waals surface area contributed by atoms with Gasteiger partial charge in [-0.25, -0.2) is 0 Å². The number of nitrogens with zero attached hydrogens (tertiary/aromatic N) is 3. The quantitative estimate of drug-likeness (QED) is 0.390. The van der Waals surface area contributed by atoms with Gasteiger partial charge >= 0.3 is 0 Å².